The SMILES string of the molecule is NC(=O)C(O)C(O)c1ccc(Cl)cc1C(=O)O. The summed E-state index contributed by atoms with van der Waals surface area (Å²) >= 11 is 5.61. The maximum Gasteiger partial charge on any atom is 0.336 e. The number of hydrogen-bond acceptors (Lipinski definition) is 4. The average Bonchev–Trinajstić information content (AvgIpc) is 2.26. The summed E-state index contributed by atoms with van der Waals surface area (Å²) in [6, 6.07) is 3.65. The van der Waals surface area contributed by atoms with Crippen molar-refractivity contribution in [3.63, 3.8) is 0 Å². The van der Waals surface area contributed by atoms with E-state index in [1.165, 1.54) is 12.1 Å². The van der Waals surface area contributed by atoms with Gasteiger partial charge in [-0.2, -0.15) is 0 Å². The van der Waals surface area contributed by atoms with Gasteiger partial charge in [0.25, 0.3) is 0 Å². The summed E-state index contributed by atoms with van der Waals surface area (Å²) in [4.78, 5) is 21.6. The Morgan fingerprint density at radius 1 is 1.29 bits per heavy atom. The molecule has 0 aliphatic rings. The van der Waals surface area contributed by atoms with Crippen molar-refractivity contribution in [2.75, 3.05) is 0 Å². The van der Waals surface area contributed by atoms with Crippen LogP contribution in [0.25, 0.3) is 0 Å². The van der Waals surface area contributed by atoms with Gasteiger partial charge in [0.15, 0.2) is 6.10 Å². The Bertz CT molecular complexity index is 462. The van der Waals surface area contributed by atoms with Crippen molar-refractivity contribution in [2.45, 2.75) is 12.2 Å². The molecule has 1 aromatic carbocycles. The lowest BCUT2D eigenvalue weighted by molar-refractivity contribution is -0.132. The van der Waals surface area contributed by atoms with Crippen LogP contribution in [0.4, 0.5) is 0 Å². The average molecular weight is 260 g/mol. The summed E-state index contributed by atoms with van der Waals surface area (Å²) in [5, 5.41) is 27.9. The highest BCUT2D eigenvalue weighted by molar-refractivity contribution is 6.31. The molecule has 7 heteroatoms. The van der Waals surface area contributed by atoms with Crippen molar-refractivity contribution >= 4 is 23.5 Å². The van der Waals surface area contributed by atoms with Crippen LogP contribution in [0.2, 0.25) is 5.02 Å². The third kappa shape index (κ3) is 2.94. The van der Waals surface area contributed by atoms with Crippen molar-refractivity contribution in [3.05, 3.63) is 34.3 Å². The fraction of sp³-hybridized carbons (Fsp3) is 0.200. The van der Waals surface area contributed by atoms with Crippen molar-refractivity contribution in [2.24, 2.45) is 5.73 Å². The zero-order valence-electron chi connectivity index (χ0n) is 8.50. The van der Waals surface area contributed by atoms with E-state index in [9.17, 15) is 19.8 Å². The van der Waals surface area contributed by atoms with Gasteiger partial charge in [0.05, 0.1) is 5.56 Å². The molecular weight excluding hydrogens is 250 g/mol. The highest BCUT2D eigenvalue weighted by Crippen LogP contribution is 2.24. The molecule has 0 spiro atoms. The fourth-order valence-corrected chi connectivity index (χ4v) is 1.47. The van der Waals surface area contributed by atoms with E-state index < -0.39 is 24.1 Å². The number of rotatable bonds is 4. The van der Waals surface area contributed by atoms with Crippen LogP contribution in [-0.4, -0.2) is 33.3 Å². The first-order valence-corrected chi connectivity index (χ1v) is 4.90. The first-order valence-electron chi connectivity index (χ1n) is 4.52. The zero-order valence-corrected chi connectivity index (χ0v) is 9.26. The van der Waals surface area contributed by atoms with Crippen LogP contribution >= 0.6 is 11.6 Å². The van der Waals surface area contributed by atoms with Gasteiger partial charge >= 0.3 is 5.97 Å². The maximum absolute atomic E-state index is 10.9. The Morgan fingerprint density at radius 2 is 1.88 bits per heavy atom. The molecule has 0 heterocycles. The van der Waals surface area contributed by atoms with Gasteiger partial charge in [-0.1, -0.05) is 17.7 Å². The smallest absolute Gasteiger partial charge is 0.336 e. The van der Waals surface area contributed by atoms with E-state index in [4.69, 9.17) is 22.4 Å². The number of hydrogen-bond donors (Lipinski definition) is 4. The first kappa shape index (κ1) is 13.4. The van der Waals surface area contributed by atoms with Crippen LogP contribution in [0, 0.1) is 0 Å². The number of carboxylic acids is 1. The van der Waals surface area contributed by atoms with E-state index in [-0.39, 0.29) is 16.1 Å². The number of primary amides is 1. The predicted octanol–water partition coefficient (Wildman–Crippen LogP) is -0.0822. The van der Waals surface area contributed by atoms with Gasteiger partial charge in [-0.05, 0) is 17.7 Å². The lowest BCUT2D eigenvalue weighted by Crippen LogP contribution is -2.34. The lowest BCUT2D eigenvalue weighted by atomic mass is 9.98. The number of carbonyl (C=O) groups is 2. The molecule has 0 aliphatic heterocycles. The number of carbonyl (C=O) groups excluding carboxylic acids is 1. The van der Waals surface area contributed by atoms with Crippen LogP contribution in [0.1, 0.15) is 22.0 Å². The summed E-state index contributed by atoms with van der Waals surface area (Å²) in [5.41, 5.74) is 4.38. The van der Waals surface area contributed by atoms with Gasteiger partial charge in [-0.15, -0.1) is 0 Å². The monoisotopic (exact) mass is 259 g/mol. The molecule has 0 aliphatic carbocycles. The van der Waals surface area contributed by atoms with Crippen molar-refractivity contribution in [3.8, 4) is 0 Å². The Balaban J connectivity index is 3.21. The van der Waals surface area contributed by atoms with Crippen LogP contribution < -0.4 is 5.73 Å². The van der Waals surface area contributed by atoms with Gasteiger partial charge in [0.1, 0.15) is 6.10 Å². The van der Waals surface area contributed by atoms with Gasteiger partial charge in [-0.25, -0.2) is 4.79 Å². The lowest BCUT2D eigenvalue weighted by Gasteiger charge is -2.17. The molecule has 92 valence electrons. The quantitative estimate of drug-likeness (QED) is 0.602. The summed E-state index contributed by atoms with van der Waals surface area (Å²) in [6.45, 7) is 0. The second-order valence-corrected chi connectivity index (χ2v) is 3.77. The molecule has 1 amide bonds. The van der Waals surface area contributed by atoms with Crippen molar-refractivity contribution in [1.29, 1.82) is 0 Å². The summed E-state index contributed by atoms with van der Waals surface area (Å²) in [6.07, 6.45) is -3.59. The molecule has 0 aromatic heterocycles. The Kier molecular flexibility index (Phi) is 4.06. The van der Waals surface area contributed by atoms with Crippen molar-refractivity contribution in [1.82, 2.24) is 0 Å². The van der Waals surface area contributed by atoms with Crippen LogP contribution in [0.5, 0.6) is 0 Å². The second-order valence-electron chi connectivity index (χ2n) is 3.33. The van der Waals surface area contributed by atoms with E-state index in [1.54, 1.807) is 0 Å². The highest BCUT2D eigenvalue weighted by Gasteiger charge is 2.27. The minimum Gasteiger partial charge on any atom is -0.478 e. The third-order valence-corrected chi connectivity index (χ3v) is 2.39. The van der Waals surface area contributed by atoms with E-state index >= 15 is 0 Å². The number of nitrogens with two attached hydrogens (primary N) is 1. The minimum atomic E-state index is -1.88. The molecule has 6 nitrogen and oxygen atoms in total. The molecule has 2 unspecified atom stereocenters. The summed E-state index contributed by atoms with van der Waals surface area (Å²) in [7, 11) is 0. The molecule has 1 aromatic rings. The van der Waals surface area contributed by atoms with E-state index in [0.717, 1.165) is 6.07 Å². The first-order chi connectivity index (χ1) is 7.84. The molecule has 1 rings (SSSR count). The van der Waals surface area contributed by atoms with E-state index in [1.807, 2.05) is 0 Å². The third-order valence-electron chi connectivity index (χ3n) is 2.15. The number of aromatic carboxylic acids is 1. The molecule has 0 radical (unpaired) electrons. The Labute approximate surface area is 101 Å². The van der Waals surface area contributed by atoms with Crippen LogP contribution in [0.15, 0.2) is 18.2 Å². The molecule has 0 fully saturated rings. The normalized spacial score (nSPS) is 14.1. The van der Waals surface area contributed by atoms with Gasteiger partial charge in [0.2, 0.25) is 5.91 Å². The van der Waals surface area contributed by atoms with Gasteiger partial charge in [0, 0.05) is 5.02 Å². The number of benzene rings is 1. The standard InChI is InChI=1S/C10H10ClNO5/c11-4-1-2-5(6(3-4)10(16)17)7(13)8(14)9(12)15/h1-3,7-8,13-14H,(H2,12,15)(H,16,17). The largest absolute Gasteiger partial charge is 0.478 e. The second kappa shape index (κ2) is 5.13. The molecule has 0 bridgehead atoms. The number of aliphatic hydroxyl groups excluding tert-OH is 2. The van der Waals surface area contributed by atoms with E-state index in [0.29, 0.717) is 0 Å². The fourth-order valence-electron chi connectivity index (χ4n) is 1.30. The maximum atomic E-state index is 10.9. The van der Waals surface area contributed by atoms with Crippen LogP contribution in [0.3, 0.4) is 0 Å². The molecule has 17 heavy (non-hydrogen) atoms. The van der Waals surface area contributed by atoms with Crippen LogP contribution in [-0.2, 0) is 4.79 Å². The Morgan fingerprint density at radius 3 is 2.35 bits per heavy atom. The predicted molar refractivity (Wildman–Crippen MR) is 58.6 cm³/mol. The number of amides is 1. The van der Waals surface area contributed by atoms with E-state index in [2.05, 4.69) is 0 Å². The molecule has 0 saturated heterocycles. The molecular formula is C10H10ClNO5. The Hall–Kier alpha value is -1.63. The number of aliphatic hydroxyl groups is 2. The summed E-state index contributed by atoms with van der Waals surface area (Å²) in [5.74, 6) is -2.48. The number of halogens is 1. The number of carboxylic acid groups (broad SMARTS) is 1. The molecule has 0 saturated carbocycles. The highest BCUT2D eigenvalue weighted by atomic mass is 35.5. The minimum absolute atomic E-state index is 0.131. The molecule has 5 N–H and O–H groups in total. The topological polar surface area (TPSA) is 121 Å². The summed E-state index contributed by atoms with van der Waals surface area (Å²) < 4.78 is 0. The zero-order chi connectivity index (χ0) is 13.2. The van der Waals surface area contributed by atoms with Gasteiger partial charge in [-0.3, -0.25) is 4.79 Å². The molecule has 2 atom stereocenters. The van der Waals surface area contributed by atoms with Crippen molar-refractivity contribution < 1.29 is 24.9 Å². The van der Waals surface area contributed by atoms with Gasteiger partial charge < -0.3 is 21.1 Å².